The van der Waals surface area contributed by atoms with Gasteiger partial charge in [0.25, 0.3) is 0 Å². The average Bonchev–Trinajstić information content (AvgIpc) is 2.78. The topological polar surface area (TPSA) is 107 Å². The molecule has 3 N–H and O–H groups in total. The summed E-state index contributed by atoms with van der Waals surface area (Å²) in [5.74, 6) is -0.408. The number of aliphatic hydroxyl groups is 2. The van der Waals surface area contributed by atoms with Crippen LogP contribution in [0.4, 0.5) is 0 Å². The SMILES string of the molecule is CS(=O)(=O)N1CCC(C(=O)N[C@@H]2C[C@@H](CO)[C@H](O)C2)CC1. The van der Waals surface area contributed by atoms with Crippen LogP contribution in [-0.2, 0) is 14.8 Å². The quantitative estimate of drug-likeness (QED) is 0.610. The van der Waals surface area contributed by atoms with E-state index < -0.39 is 16.1 Å². The Kier molecular flexibility index (Phi) is 5.24. The van der Waals surface area contributed by atoms with Crippen molar-refractivity contribution >= 4 is 15.9 Å². The van der Waals surface area contributed by atoms with E-state index in [4.69, 9.17) is 5.11 Å². The highest BCUT2D eigenvalue weighted by atomic mass is 32.2. The summed E-state index contributed by atoms with van der Waals surface area (Å²) in [6.07, 6.45) is 2.73. The molecule has 0 unspecified atom stereocenters. The highest BCUT2D eigenvalue weighted by Gasteiger charge is 2.35. The van der Waals surface area contributed by atoms with E-state index in [0.29, 0.717) is 38.8 Å². The molecule has 0 aromatic rings. The minimum absolute atomic E-state index is 0.0692. The van der Waals surface area contributed by atoms with Crippen molar-refractivity contribution in [2.75, 3.05) is 26.0 Å². The van der Waals surface area contributed by atoms with Crippen LogP contribution in [0.2, 0.25) is 0 Å². The molecule has 1 amide bonds. The van der Waals surface area contributed by atoms with Gasteiger partial charge in [0.2, 0.25) is 15.9 Å². The number of nitrogens with one attached hydrogen (secondary N) is 1. The molecule has 21 heavy (non-hydrogen) atoms. The minimum atomic E-state index is -3.17. The van der Waals surface area contributed by atoms with Gasteiger partial charge in [-0.1, -0.05) is 0 Å². The zero-order valence-corrected chi connectivity index (χ0v) is 13.1. The van der Waals surface area contributed by atoms with Crippen LogP contribution in [-0.4, -0.2) is 66.9 Å². The lowest BCUT2D eigenvalue weighted by Gasteiger charge is -2.30. The van der Waals surface area contributed by atoms with E-state index in [1.165, 1.54) is 10.6 Å². The molecule has 8 heteroatoms. The third kappa shape index (κ3) is 4.15. The number of piperidine rings is 1. The Hall–Kier alpha value is -0.700. The molecule has 122 valence electrons. The first-order valence-electron chi connectivity index (χ1n) is 7.35. The summed E-state index contributed by atoms with van der Waals surface area (Å²) in [5.41, 5.74) is 0. The minimum Gasteiger partial charge on any atom is -0.396 e. The molecule has 1 aliphatic carbocycles. The van der Waals surface area contributed by atoms with Crippen molar-refractivity contribution in [3.8, 4) is 0 Å². The first-order valence-corrected chi connectivity index (χ1v) is 9.20. The smallest absolute Gasteiger partial charge is 0.223 e. The molecular weight excluding hydrogens is 296 g/mol. The van der Waals surface area contributed by atoms with Gasteiger partial charge in [0, 0.05) is 37.6 Å². The molecule has 7 nitrogen and oxygen atoms in total. The first kappa shape index (κ1) is 16.7. The van der Waals surface area contributed by atoms with Gasteiger partial charge >= 0.3 is 0 Å². The summed E-state index contributed by atoms with van der Waals surface area (Å²) < 4.78 is 24.2. The standard InChI is InChI=1S/C13H24N2O5S/c1-21(19,20)15-4-2-9(3-5-15)13(18)14-11-6-10(8-16)12(17)7-11/h9-12,16-17H,2-8H2,1H3,(H,14,18)/t10-,11+,12+/m0/s1. The van der Waals surface area contributed by atoms with Crippen LogP contribution in [0.1, 0.15) is 25.7 Å². The Balaban J connectivity index is 1.81. The van der Waals surface area contributed by atoms with Crippen molar-refractivity contribution in [1.82, 2.24) is 9.62 Å². The lowest BCUT2D eigenvalue weighted by molar-refractivity contribution is -0.126. The Morgan fingerprint density at radius 3 is 2.38 bits per heavy atom. The van der Waals surface area contributed by atoms with Crippen LogP contribution in [0, 0.1) is 11.8 Å². The van der Waals surface area contributed by atoms with Crippen molar-refractivity contribution in [2.45, 2.75) is 37.8 Å². The van der Waals surface area contributed by atoms with E-state index in [1.807, 2.05) is 0 Å². The van der Waals surface area contributed by atoms with E-state index in [1.54, 1.807) is 0 Å². The van der Waals surface area contributed by atoms with Gasteiger partial charge in [-0.05, 0) is 25.7 Å². The summed E-state index contributed by atoms with van der Waals surface area (Å²) in [6, 6.07) is -0.0995. The normalized spacial score (nSPS) is 32.2. The summed E-state index contributed by atoms with van der Waals surface area (Å²) in [7, 11) is -3.17. The fraction of sp³-hybridized carbons (Fsp3) is 0.923. The predicted octanol–water partition coefficient (Wildman–Crippen LogP) is -1.09. The Bertz CT molecular complexity index is 473. The molecule has 1 saturated heterocycles. The summed E-state index contributed by atoms with van der Waals surface area (Å²) in [5, 5.41) is 21.7. The maximum absolute atomic E-state index is 12.2. The largest absolute Gasteiger partial charge is 0.396 e. The molecule has 0 aromatic heterocycles. The fourth-order valence-electron chi connectivity index (χ4n) is 3.19. The van der Waals surface area contributed by atoms with Gasteiger partial charge in [-0.3, -0.25) is 4.79 Å². The number of carbonyl (C=O) groups excluding carboxylic acids is 1. The van der Waals surface area contributed by atoms with Crippen molar-refractivity contribution in [1.29, 1.82) is 0 Å². The Morgan fingerprint density at radius 2 is 1.90 bits per heavy atom. The number of hydrogen-bond acceptors (Lipinski definition) is 5. The number of sulfonamides is 1. The van der Waals surface area contributed by atoms with E-state index in [-0.39, 0.29) is 30.4 Å². The van der Waals surface area contributed by atoms with Crippen LogP contribution in [0.25, 0.3) is 0 Å². The molecule has 1 heterocycles. The van der Waals surface area contributed by atoms with Crippen LogP contribution in [0.15, 0.2) is 0 Å². The second-order valence-electron chi connectivity index (χ2n) is 6.12. The van der Waals surface area contributed by atoms with Crippen molar-refractivity contribution < 1.29 is 23.4 Å². The lowest BCUT2D eigenvalue weighted by atomic mass is 9.96. The van der Waals surface area contributed by atoms with Crippen molar-refractivity contribution in [2.24, 2.45) is 11.8 Å². The first-order chi connectivity index (χ1) is 9.81. The van der Waals surface area contributed by atoms with Gasteiger partial charge in [-0.25, -0.2) is 12.7 Å². The number of rotatable bonds is 4. The van der Waals surface area contributed by atoms with Gasteiger partial charge in [0.05, 0.1) is 12.4 Å². The zero-order valence-electron chi connectivity index (χ0n) is 12.2. The monoisotopic (exact) mass is 320 g/mol. The molecule has 1 aliphatic heterocycles. The maximum atomic E-state index is 12.2. The van der Waals surface area contributed by atoms with Gasteiger partial charge in [-0.15, -0.1) is 0 Å². The van der Waals surface area contributed by atoms with E-state index in [0.717, 1.165) is 0 Å². The Morgan fingerprint density at radius 1 is 1.29 bits per heavy atom. The molecule has 2 aliphatic rings. The second kappa shape index (κ2) is 6.60. The molecule has 0 aromatic carbocycles. The van der Waals surface area contributed by atoms with Crippen LogP contribution < -0.4 is 5.32 Å². The van der Waals surface area contributed by atoms with Crippen molar-refractivity contribution in [3.05, 3.63) is 0 Å². The van der Waals surface area contributed by atoms with E-state index in [9.17, 15) is 18.3 Å². The second-order valence-corrected chi connectivity index (χ2v) is 8.11. The third-order valence-electron chi connectivity index (χ3n) is 4.53. The van der Waals surface area contributed by atoms with Crippen LogP contribution in [0.3, 0.4) is 0 Å². The average molecular weight is 320 g/mol. The lowest BCUT2D eigenvalue weighted by Crippen LogP contribution is -2.44. The molecule has 0 bridgehead atoms. The summed E-state index contributed by atoms with van der Waals surface area (Å²) in [6.45, 7) is 0.688. The van der Waals surface area contributed by atoms with Gasteiger partial charge in [-0.2, -0.15) is 0 Å². The van der Waals surface area contributed by atoms with Crippen molar-refractivity contribution in [3.63, 3.8) is 0 Å². The molecular formula is C13H24N2O5S. The molecule has 0 spiro atoms. The van der Waals surface area contributed by atoms with Crippen LogP contribution in [0.5, 0.6) is 0 Å². The fourth-order valence-corrected chi connectivity index (χ4v) is 4.06. The summed E-state index contributed by atoms with van der Waals surface area (Å²) in [4.78, 5) is 12.2. The van der Waals surface area contributed by atoms with Gasteiger partial charge < -0.3 is 15.5 Å². The molecule has 1 saturated carbocycles. The number of hydrogen-bond donors (Lipinski definition) is 3. The predicted molar refractivity (Wildman–Crippen MR) is 76.9 cm³/mol. The molecule has 3 atom stereocenters. The molecule has 2 rings (SSSR count). The third-order valence-corrected chi connectivity index (χ3v) is 5.84. The number of aliphatic hydroxyl groups excluding tert-OH is 2. The summed E-state index contributed by atoms with van der Waals surface area (Å²) >= 11 is 0. The Labute approximate surface area is 125 Å². The highest BCUT2D eigenvalue weighted by Crippen LogP contribution is 2.27. The number of carbonyl (C=O) groups is 1. The zero-order chi connectivity index (χ0) is 15.6. The van der Waals surface area contributed by atoms with Gasteiger partial charge in [0.1, 0.15) is 0 Å². The van der Waals surface area contributed by atoms with E-state index >= 15 is 0 Å². The maximum Gasteiger partial charge on any atom is 0.223 e. The number of nitrogens with zero attached hydrogens (tertiary/aromatic N) is 1. The highest BCUT2D eigenvalue weighted by molar-refractivity contribution is 7.88. The number of amides is 1. The molecule has 0 radical (unpaired) electrons. The van der Waals surface area contributed by atoms with Crippen LogP contribution >= 0.6 is 0 Å². The molecule has 2 fully saturated rings. The van der Waals surface area contributed by atoms with E-state index in [2.05, 4.69) is 5.32 Å². The van der Waals surface area contributed by atoms with Gasteiger partial charge in [0.15, 0.2) is 0 Å².